The van der Waals surface area contributed by atoms with Gasteiger partial charge in [0.1, 0.15) is 33.4 Å². The van der Waals surface area contributed by atoms with Crippen LogP contribution in [0.25, 0.3) is 200 Å². The maximum atomic E-state index is 6.83. The highest BCUT2D eigenvalue weighted by Crippen LogP contribution is 2.45. The molecule has 7 aromatic heterocycles. The van der Waals surface area contributed by atoms with Gasteiger partial charge in [-0.15, -0.1) is 0 Å². The van der Waals surface area contributed by atoms with Crippen LogP contribution in [0.4, 0.5) is 0 Å². The first-order valence-corrected chi connectivity index (χ1v) is 30.8. The van der Waals surface area contributed by atoms with E-state index in [2.05, 4.69) is 152 Å². The Labute approximate surface area is 529 Å². The third kappa shape index (κ3) is 8.74. The summed E-state index contributed by atoms with van der Waals surface area (Å²) < 4.78 is 19.9. The van der Waals surface area contributed by atoms with E-state index in [0.29, 0.717) is 51.7 Å². The Balaban J connectivity index is 0.688. The van der Waals surface area contributed by atoms with Gasteiger partial charge in [-0.3, -0.25) is 9.97 Å². The van der Waals surface area contributed by atoms with Crippen LogP contribution in [0.3, 0.4) is 0 Å². The van der Waals surface area contributed by atoms with Gasteiger partial charge in [0.2, 0.25) is 0 Å². The molecule has 0 aliphatic rings. The molecule has 12 aromatic carbocycles. The minimum absolute atomic E-state index is 0.500. The molecular formula is C82H46N8O3. The fourth-order valence-corrected chi connectivity index (χ4v) is 13.4. The van der Waals surface area contributed by atoms with Crippen molar-refractivity contribution in [3.63, 3.8) is 0 Å². The number of fused-ring (bicyclic) bond motifs is 12. The van der Waals surface area contributed by atoms with E-state index >= 15 is 0 Å². The van der Waals surface area contributed by atoms with Crippen LogP contribution >= 0.6 is 0 Å². The first kappa shape index (κ1) is 52.1. The third-order valence-corrected chi connectivity index (χ3v) is 17.9. The molecule has 0 atom stereocenters. The number of nitrogens with zero attached hydrogens (tertiary/aromatic N) is 8. The fraction of sp³-hybridized carbons (Fsp3) is 0. The highest BCUT2D eigenvalue weighted by atomic mass is 16.3. The number of para-hydroxylation sites is 1. The fourth-order valence-electron chi connectivity index (χ4n) is 13.4. The Morgan fingerprint density at radius 2 is 0.613 bits per heavy atom. The molecular weight excluding hydrogens is 1140 g/mol. The molecule has 0 N–H and O–H groups in total. The van der Waals surface area contributed by atoms with Crippen molar-refractivity contribution in [2.75, 3.05) is 0 Å². The van der Waals surface area contributed by atoms with Crippen molar-refractivity contribution in [3.05, 3.63) is 279 Å². The first-order valence-electron chi connectivity index (χ1n) is 30.8. The quantitative estimate of drug-likeness (QED) is 0.136. The third-order valence-electron chi connectivity index (χ3n) is 17.9. The van der Waals surface area contributed by atoms with Gasteiger partial charge in [-0.25, -0.2) is 29.9 Å². The zero-order valence-electron chi connectivity index (χ0n) is 49.4. The van der Waals surface area contributed by atoms with Gasteiger partial charge in [-0.05, 0) is 146 Å². The molecule has 11 nitrogen and oxygen atoms in total. The van der Waals surface area contributed by atoms with Crippen LogP contribution in [0.1, 0.15) is 0 Å². The van der Waals surface area contributed by atoms with E-state index in [-0.39, 0.29) is 0 Å². The van der Waals surface area contributed by atoms with Crippen molar-refractivity contribution in [3.8, 4) is 102 Å². The Morgan fingerprint density at radius 3 is 1.22 bits per heavy atom. The number of furan rings is 3. The van der Waals surface area contributed by atoms with E-state index in [1.165, 1.54) is 5.39 Å². The largest absolute Gasteiger partial charge is 0.456 e. The van der Waals surface area contributed by atoms with E-state index < -0.39 is 0 Å². The van der Waals surface area contributed by atoms with Crippen LogP contribution < -0.4 is 0 Å². The van der Waals surface area contributed by atoms with E-state index in [1.807, 2.05) is 115 Å². The normalized spacial score (nSPS) is 11.9. The Kier molecular flexibility index (Phi) is 11.7. The van der Waals surface area contributed by atoms with Crippen LogP contribution in [-0.4, -0.2) is 39.9 Å². The average molecular weight is 1190 g/mol. The van der Waals surface area contributed by atoms with E-state index in [1.54, 1.807) is 12.4 Å². The van der Waals surface area contributed by atoms with Crippen LogP contribution in [0.5, 0.6) is 0 Å². The van der Waals surface area contributed by atoms with E-state index in [4.69, 9.17) is 53.1 Å². The summed E-state index contributed by atoms with van der Waals surface area (Å²) in [4.78, 5) is 41.1. The summed E-state index contributed by atoms with van der Waals surface area (Å²) in [5.41, 5.74) is 16.9. The lowest BCUT2D eigenvalue weighted by atomic mass is 9.95. The highest BCUT2D eigenvalue weighted by Gasteiger charge is 2.25. The summed E-state index contributed by atoms with van der Waals surface area (Å²) >= 11 is 0. The highest BCUT2D eigenvalue weighted by molar-refractivity contribution is 6.17. The minimum atomic E-state index is 0.500. The maximum Gasteiger partial charge on any atom is 0.164 e. The lowest BCUT2D eigenvalue weighted by molar-refractivity contribution is 0.668. The van der Waals surface area contributed by atoms with Crippen LogP contribution in [0, 0.1) is 0 Å². The summed E-state index contributed by atoms with van der Waals surface area (Å²) in [5.74, 6) is 3.21. The molecule has 0 aliphatic heterocycles. The second-order valence-electron chi connectivity index (χ2n) is 23.4. The molecule has 0 saturated carbocycles. The van der Waals surface area contributed by atoms with Gasteiger partial charge < -0.3 is 13.3 Å². The summed E-state index contributed by atoms with van der Waals surface area (Å²) in [6, 6.07) is 91.5. The van der Waals surface area contributed by atoms with Crippen molar-refractivity contribution in [2.24, 2.45) is 0 Å². The van der Waals surface area contributed by atoms with Gasteiger partial charge in [0.05, 0.1) is 10.8 Å². The van der Waals surface area contributed by atoms with Crippen molar-refractivity contribution in [2.45, 2.75) is 0 Å². The van der Waals surface area contributed by atoms with Crippen molar-refractivity contribution in [1.82, 2.24) is 39.9 Å². The molecule has 11 heteroatoms. The molecule has 93 heavy (non-hydrogen) atoms. The van der Waals surface area contributed by atoms with Crippen molar-refractivity contribution in [1.29, 1.82) is 0 Å². The smallest absolute Gasteiger partial charge is 0.164 e. The van der Waals surface area contributed by atoms with Crippen LogP contribution in [0.15, 0.2) is 293 Å². The zero-order valence-corrected chi connectivity index (χ0v) is 49.4. The second kappa shape index (κ2) is 20.9. The molecule has 19 rings (SSSR count). The number of benzene rings is 12. The Hall–Kier alpha value is -12.9. The van der Waals surface area contributed by atoms with Crippen molar-refractivity contribution >= 4 is 98.4 Å². The van der Waals surface area contributed by atoms with Gasteiger partial charge in [-0.2, -0.15) is 0 Å². The Morgan fingerprint density at radius 1 is 0.215 bits per heavy atom. The molecule has 432 valence electrons. The summed E-state index contributed by atoms with van der Waals surface area (Å²) in [7, 11) is 0. The number of hydrogen-bond donors (Lipinski definition) is 0. The lowest BCUT2D eigenvalue weighted by Gasteiger charge is -2.12. The molecule has 0 bridgehead atoms. The topological polar surface area (TPSA) is 143 Å². The van der Waals surface area contributed by atoms with Crippen LogP contribution in [0.2, 0.25) is 0 Å². The molecule has 0 spiro atoms. The van der Waals surface area contributed by atoms with Gasteiger partial charge in [0.15, 0.2) is 46.1 Å². The lowest BCUT2D eigenvalue weighted by Crippen LogP contribution is -2.01. The number of hydrogen-bond acceptors (Lipinski definition) is 11. The number of pyridine rings is 2. The molecule has 0 saturated heterocycles. The van der Waals surface area contributed by atoms with Gasteiger partial charge in [-0.1, -0.05) is 176 Å². The maximum absolute atomic E-state index is 6.83. The molecule has 0 fully saturated rings. The molecule has 0 radical (unpaired) electrons. The number of rotatable bonds is 9. The summed E-state index contributed by atoms with van der Waals surface area (Å²) in [6.07, 6.45) is 3.60. The first-order chi connectivity index (χ1) is 46.0. The summed E-state index contributed by atoms with van der Waals surface area (Å²) in [5, 5.41) is 10.3. The number of aromatic nitrogens is 8. The molecule has 19 aromatic rings. The van der Waals surface area contributed by atoms with Gasteiger partial charge in [0, 0.05) is 67.7 Å². The van der Waals surface area contributed by atoms with E-state index in [0.717, 1.165) is 143 Å². The molecule has 0 amide bonds. The second-order valence-corrected chi connectivity index (χ2v) is 23.4. The standard InChI is InChI=1S/C82H46N8O3/c1-3-15-49(16-4-1)77-85-79(89-81(86-77)64-38-36-60(56-33-27-47-14-7-8-19-51(47)43-56)75-71(64)73-68(92-75)24-12-40-83-73)58-35-28-48-26-29-55(45-59(48)46-58)52-30-31-54-44-57(34-32-53(54)42-52)61-37-39-65(72-74-69(93-76(61)72)25-13-41-84-74)82-88-78(50-17-5-2-6-18-50)87-80(90-82)63-21-11-23-67-70(63)62-20-9-10-22-66(62)91-67/h1-46H. The minimum Gasteiger partial charge on any atom is -0.456 e. The van der Waals surface area contributed by atoms with Gasteiger partial charge >= 0.3 is 0 Å². The predicted molar refractivity (Wildman–Crippen MR) is 372 cm³/mol. The zero-order chi connectivity index (χ0) is 61.1. The SMILES string of the molecule is c1ccc(-c2nc(-c3ccc4ccc(-c5ccc6cc(-c7ccc(-c8nc(-c9ccccc9)nc(-c9cccc%10oc%11ccccc%11c9%10)n8)c8c7oc7cccnc78)ccc6c5)cc4c3)nc(-c3ccc(-c4ccc5ccccc5c4)c4oc5cccnc5c34)n2)cc1. The summed E-state index contributed by atoms with van der Waals surface area (Å²) in [6.45, 7) is 0. The predicted octanol–water partition coefficient (Wildman–Crippen LogP) is 21.0. The average Bonchev–Trinajstić information content (AvgIpc) is 1.69. The van der Waals surface area contributed by atoms with Crippen molar-refractivity contribution < 1.29 is 13.3 Å². The monoisotopic (exact) mass is 1190 g/mol. The van der Waals surface area contributed by atoms with E-state index in [9.17, 15) is 0 Å². The van der Waals surface area contributed by atoms with Gasteiger partial charge in [0.25, 0.3) is 0 Å². The molecule has 7 heterocycles. The molecule has 0 aliphatic carbocycles. The molecule has 0 unspecified atom stereocenters. The Bertz CT molecular complexity index is 6280. The van der Waals surface area contributed by atoms with Crippen LogP contribution in [-0.2, 0) is 0 Å².